The van der Waals surface area contributed by atoms with Crippen LogP contribution >= 0.6 is 0 Å². The standard InChI is InChI=1S/C27H42O8/c1-6-7-10-13-22(33-19(2)28)16-17-24-23(14-11-8-9-12-15-27(31)32-5)25(34-20(3)29)18-26(24)35-21(4)30/h8,11,16-17,22-26H,6-7,9-10,12-15,18H2,1-5H3/b11-8-,17-16+/t22-,23+,24+,25-,26-/m0/s1. The van der Waals surface area contributed by atoms with Crippen LogP contribution in [0.3, 0.4) is 0 Å². The lowest BCUT2D eigenvalue weighted by molar-refractivity contribution is -0.149. The van der Waals surface area contributed by atoms with E-state index >= 15 is 0 Å². The number of unbranched alkanes of at least 4 members (excludes halogenated alkanes) is 3. The van der Waals surface area contributed by atoms with Crippen molar-refractivity contribution in [1.29, 1.82) is 0 Å². The smallest absolute Gasteiger partial charge is 0.305 e. The molecule has 198 valence electrons. The highest BCUT2D eigenvalue weighted by Crippen LogP contribution is 2.40. The molecule has 8 heteroatoms. The van der Waals surface area contributed by atoms with Gasteiger partial charge < -0.3 is 18.9 Å². The summed E-state index contributed by atoms with van der Waals surface area (Å²) in [7, 11) is 1.37. The summed E-state index contributed by atoms with van der Waals surface area (Å²) in [4.78, 5) is 46.4. The minimum atomic E-state index is -0.445. The molecule has 0 amide bonds. The molecule has 0 aliphatic heterocycles. The van der Waals surface area contributed by atoms with Crippen LogP contribution < -0.4 is 0 Å². The first-order chi connectivity index (χ1) is 16.7. The Morgan fingerprint density at radius 1 is 0.914 bits per heavy atom. The average Bonchev–Trinajstić information content (AvgIpc) is 3.08. The van der Waals surface area contributed by atoms with Crippen LogP contribution in [0.5, 0.6) is 0 Å². The summed E-state index contributed by atoms with van der Waals surface area (Å²) in [6.07, 6.45) is 13.2. The van der Waals surface area contributed by atoms with E-state index in [4.69, 9.17) is 14.2 Å². The topological polar surface area (TPSA) is 105 Å². The van der Waals surface area contributed by atoms with Crippen LogP contribution in [0.25, 0.3) is 0 Å². The van der Waals surface area contributed by atoms with E-state index in [-0.39, 0.29) is 35.8 Å². The van der Waals surface area contributed by atoms with Crippen LogP contribution in [0.2, 0.25) is 0 Å². The maximum absolute atomic E-state index is 11.8. The van der Waals surface area contributed by atoms with Gasteiger partial charge in [-0.05, 0) is 38.2 Å². The maximum atomic E-state index is 11.8. The highest BCUT2D eigenvalue weighted by atomic mass is 16.6. The molecule has 0 N–H and O–H groups in total. The molecule has 0 unspecified atom stereocenters. The first-order valence-corrected chi connectivity index (χ1v) is 12.6. The molecule has 0 heterocycles. The van der Waals surface area contributed by atoms with Crippen LogP contribution in [-0.4, -0.2) is 49.3 Å². The zero-order chi connectivity index (χ0) is 26.2. The Balaban J connectivity index is 3.03. The van der Waals surface area contributed by atoms with Gasteiger partial charge in [0.2, 0.25) is 0 Å². The second kappa shape index (κ2) is 16.9. The fourth-order valence-electron chi connectivity index (χ4n) is 4.44. The van der Waals surface area contributed by atoms with Gasteiger partial charge in [0.15, 0.2) is 0 Å². The van der Waals surface area contributed by atoms with Gasteiger partial charge in [-0.3, -0.25) is 19.2 Å². The average molecular weight is 495 g/mol. The second-order valence-electron chi connectivity index (χ2n) is 8.98. The van der Waals surface area contributed by atoms with Gasteiger partial charge in [-0.15, -0.1) is 0 Å². The molecule has 8 nitrogen and oxygen atoms in total. The number of rotatable bonds is 15. The third-order valence-electron chi connectivity index (χ3n) is 6.01. The van der Waals surface area contributed by atoms with E-state index < -0.39 is 18.2 Å². The second-order valence-corrected chi connectivity index (χ2v) is 8.98. The van der Waals surface area contributed by atoms with Crippen molar-refractivity contribution < 1.29 is 38.1 Å². The minimum absolute atomic E-state index is 0.107. The summed E-state index contributed by atoms with van der Waals surface area (Å²) >= 11 is 0. The fourth-order valence-corrected chi connectivity index (χ4v) is 4.44. The fraction of sp³-hybridized carbons (Fsp3) is 0.704. The van der Waals surface area contributed by atoms with Crippen LogP contribution in [0.15, 0.2) is 24.3 Å². The molecule has 1 fully saturated rings. The molecule has 1 aliphatic rings. The largest absolute Gasteiger partial charge is 0.469 e. The highest BCUT2D eigenvalue weighted by molar-refractivity contribution is 5.69. The molecule has 0 bridgehead atoms. The molecular weight excluding hydrogens is 452 g/mol. The molecule has 0 aromatic carbocycles. The first kappa shape index (κ1) is 30.4. The van der Waals surface area contributed by atoms with Gasteiger partial charge in [-0.25, -0.2) is 0 Å². The van der Waals surface area contributed by atoms with Crippen molar-refractivity contribution in [3.63, 3.8) is 0 Å². The predicted molar refractivity (Wildman–Crippen MR) is 131 cm³/mol. The zero-order valence-corrected chi connectivity index (χ0v) is 21.8. The van der Waals surface area contributed by atoms with Crippen LogP contribution in [0, 0.1) is 11.8 Å². The van der Waals surface area contributed by atoms with Gasteiger partial charge in [0, 0.05) is 45.4 Å². The van der Waals surface area contributed by atoms with Crippen molar-refractivity contribution >= 4 is 23.9 Å². The van der Waals surface area contributed by atoms with Crippen molar-refractivity contribution in [2.24, 2.45) is 11.8 Å². The lowest BCUT2D eigenvalue weighted by atomic mass is 9.89. The number of esters is 4. The first-order valence-electron chi connectivity index (χ1n) is 12.6. The van der Waals surface area contributed by atoms with Gasteiger partial charge >= 0.3 is 23.9 Å². The lowest BCUT2D eigenvalue weighted by Crippen LogP contribution is -2.25. The number of hydrogen-bond donors (Lipinski definition) is 0. The normalized spacial score (nSPS) is 22.8. The van der Waals surface area contributed by atoms with Crippen molar-refractivity contribution in [2.45, 2.75) is 104 Å². The van der Waals surface area contributed by atoms with Crippen LogP contribution in [-0.2, 0) is 38.1 Å². The van der Waals surface area contributed by atoms with E-state index in [0.717, 1.165) is 25.7 Å². The SMILES string of the molecule is CCCCC[C@@H](/C=C/[C@@H]1[C@@H](C/C=C\CCCC(=O)OC)[C@@H](OC(C)=O)C[C@@H]1OC(C)=O)OC(C)=O. The van der Waals surface area contributed by atoms with Gasteiger partial charge in [0.25, 0.3) is 0 Å². The molecule has 0 aromatic rings. The summed E-state index contributed by atoms with van der Waals surface area (Å²) < 4.78 is 21.3. The molecule has 1 aliphatic carbocycles. The predicted octanol–water partition coefficient (Wildman–Crippen LogP) is 4.84. The van der Waals surface area contributed by atoms with Gasteiger partial charge in [-0.1, -0.05) is 38.0 Å². The maximum Gasteiger partial charge on any atom is 0.305 e. The van der Waals surface area contributed by atoms with Crippen LogP contribution in [0.1, 0.15) is 85.5 Å². The minimum Gasteiger partial charge on any atom is -0.469 e. The molecule has 5 atom stereocenters. The number of hydrogen-bond acceptors (Lipinski definition) is 8. The Kier molecular flexibility index (Phi) is 14.7. The van der Waals surface area contributed by atoms with E-state index in [1.807, 2.05) is 24.3 Å². The van der Waals surface area contributed by atoms with Gasteiger partial charge in [-0.2, -0.15) is 0 Å². The summed E-state index contributed by atoms with van der Waals surface area (Å²) in [5.41, 5.74) is 0. The van der Waals surface area contributed by atoms with E-state index in [1.165, 1.54) is 27.9 Å². The number of ether oxygens (including phenoxy) is 4. The molecule has 0 spiro atoms. The molecular formula is C27H42O8. The third kappa shape index (κ3) is 12.6. The third-order valence-corrected chi connectivity index (χ3v) is 6.01. The van der Waals surface area contributed by atoms with Crippen molar-refractivity contribution in [2.75, 3.05) is 7.11 Å². The monoisotopic (exact) mass is 494 g/mol. The van der Waals surface area contributed by atoms with Crippen LogP contribution in [0.4, 0.5) is 0 Å². The number of carbonyl (C=O) groups is 4. The zero-order valence-electron chi connectivity index (χ0n) is 21.8. The van der Waals surface area contributed by atoms with E-state index in [1.54, 1.807) is 0 Å². The highest BCUT2D eigenvalue weighted by Gasteiger charge is 2.45. The molecule has 0 radical (unpaired) electrons. The quantitative estimate of drug-likeness (QED) is 0.138. The molecule has 1 saturated carbocycles. The summed E-state index contributed by atoms with van der Waals surface area (Å²) in [6.45, 7) is 6.24. The molecule has 0 aromatic heterocycles. The van der Waals surface area contributed by atoms with E-state index in [9.17, 15) is 19.2 Å². The lowest BCUT2D eigenvalue weighted by Gasteiger charge is -2.23. The Morgan fingerprint density at radius 2 is 1.60 bits per heavy atom. The number of allylic oxidation sites excluding steroid dienone is 2. The number of carbonyl (C=O) groups excluding carboxylic acids is 4. The summed E-state index contributed by atoms with van der Waals surface area (Å²) in [5, 5.41) is 0. The van der Waals surface area contributed by atoms with Crippen molar-refractivity contribution in [3.8, 4) is 0 Å². The van der Waals surface area contributed by atoms with Crippen molar-refractivity contribution in [3.05, 3.63) is 24.3 Å². The van der Waals surface area contributed by atoms with Crippen molar-refractivity contribution in [1.82, 2.24) is 0 Å². The van der Waals surface area contributed by atoms with E-state index in [0.29, 0.717) is 32.1 Å². The summed E-state index contributed by atoms with van der Waals surface area (Å²) in [5.74, 6) is -1.67. The number of methoxy groups -OCH3 is 1. The Bertz CT molecular complexity index is 741. The van der Waals surface area contributed by atoms with Gasteiger partial charge in [0.1, 0.15) is 18.3 Å². The Morgan fingerprint density at radius 3 is 2.20 bits per heavy atom. The molecule has 0 saturated heterocycles. The Hall–Kier alpha value is -2.64. The summed E-state index contributed by atoms with van der Waals surface area (Å²) in [6, 6.07) is 0. The molecule has 1 rings (SSSR count). The van der Waals surface area contributed by atoms with Gasteiger partial charge in [0.05, 0.1) is 7.11 Å². The molecule has 35 heavy (non-hydrogen) atoms. The van der Waals surface area contributed by atoms with E-state index in [2.05, 4.69) is 11.7 Å². The Labute approximate surface area is 209 Å².